The molecule has 0 fully saturated rings. The van der Waals surface area contributed by atoms with Gasteiger partial charge in [0.15, 0.2) is 12.4 Å². The normalized spacial score (nSPS) is 11.2. The van der Waals surface area contributed by atoms with Crippen molar-refractivity contribution in [3.8, 4) is 5.75 Å². The minimum Gasteiger partial charge on any atom is -0.484 e. The van der Waals surface area contributed by atoms with Crippen LogP contribution in [0.5, 0.6) is 5.75 Å². The van der Waals surface area contributed by atoms with E-state index in [1.807, 2.05) is 13.8 Å². The summed E-state index contributed by atoms with van der Waals surface area (Å²) in [6.45, 7) is 5.19. The molecule has 19 heavy (non-hydrogen) atoms. The Kier molecular flexibility index (Phi) is 5.66. The summed E-state index contributed by atoms with van der Waals surface area (Å²) in [5.74, 6) is 0.547. The predicted molar refractivity (Wildman–Crippen MR) is 72.4 cm³/mol. The molecule has 0 heterocycles. The van der Waals surface area contributed by atoms with Crippen molar-refractivity contribution in [1.82, 2.24) is 4.90 Å². The van der Waals surface area contributed by atoms with E-state index in [1.165, 1.54) is 0 Å². The molecule has 0 aliphatic rings. The molecular formula is C13H19N3O3. The number of carbonyl (C=O) groups excluding carboxylic acids is 1. The lowest BCUT2D eigenvalue weighted by atomic mass is 10.2. The summed E-state index contributed by atoms with van der Waals surface area (Å²) in [4.78, 5) is 13.4. The van der Waals surface area contributed by atoms with Gasteiger partial charge in [0, 0.05) is 18.7 Å². The van der Waals surface area contributed by atoms with Gasteiger partial charge in [-0.25, -0.2) is 0 Å². The number of benzene rings is 1. The smallest absolute Gasteiger partial charge is 0.260 e. The van der Waals surface area contributed by atoms with Crippen molar-refractivity contribution in [3.05, 3.63) is 29.8 Å². The highest BCUT2D eigenvalue weighted by Crippen LogP contribution is 2.12. The van der Waals surface area contributed by atoms with Crippen LogP contribution in [0.25, 0.3) is 0 Å². The molecule has 3 N–H and O–H groups in total. The number of nitrogens with two attached hydrogens (primary N) is 1. The molecule has 0 atom stereocenters. The highest BCUT2D eigenvalue weighted by Gasteiger charge is 2.10. The number of rotatable bonds is 6. The number of amidine groups is 1. The maximum Gasteiger partial charge on any atom is 0.260 e. The van der Waals surface area contributed by atoms with E-state index in [-0.39, 0.29) is 18.3 Å². The standard InChI is InChI=1S/C13H19N3O3/c1-3-16(4-2)12(17)9-19-11-7-5-10(6-8-11)13(14)15-18/h5-8,18H,3-4,9H2,1-2H3,(H2,14,15). The third-order valence-corrected chi connectivity index (χ3v) is 2.74. The first-order chi connectivity index (χ1) is 9.12. The predicted octanol–water partition coefficient (Wildman–Crippen LogP) is 1.03. The van der Waals surface area contributed by atoms with Crippen LogP contribution in [-0.2, 0) is 4.79 Å². The highest BCUT2D eigenvalue weighted by molar-refractivity contribution is 5.97. The molecule has 0 radical (unpaired) electrons. The Morgan fingerprint density at radius 3 is 2.37 bits per heavy atom. The summed E-state index contributed by atoms with van der Waals surface area (Å²) in [7, 11) is 0. The molecule has 0 aliphatic heterocycles. The number of nitrogens with zero attached hydrogens (tertiary/aromatic N) is 2. The molecule has 0 saturated carbocycles. The molecule has 104 valence electrons. The molecule has 1 aromatic carbocycles. The van der Waals surface area contributed by atoms with Crippen LogP contribution >= 0.6 is 0 Å². The van der Waals surface area contributed by atoms with Crippen LogP contribution in [0.3, 0.4) is 0 Å². The lowest BCUT2D eigenvalue weighted by Crippen LogP contribution is -2.34. The molecule has 1 amide bonds. The van der Waals surface area contributed by atoms with Crippen LogP contribution in [0.15, 0.2) is 29.4 Å². The van der Waals surface area contributed by atoms with Gasteiger partial charge >= 0.3 is 0 Å². The second kappa shape index (κ2) is 7.25. The van der Waals surface area contributed by atoms with E-state index < -0.39 is 0 Å². The topological polar surface area (TPSA) is 88.2 Å². The molecule has 0 bridgehead atoms. The van der Waals surface area contributed by atoms with Crippen molar-refractivity contribution < 1.29 is 14.7 Å². The number of hydrogen-bond acceptors (Lipinski definition) is 4. The Bertz CT molecular complexity index is 439. The Morgan fingerprint density at radius 1 is 1.32 bits per heavy atom. The fraction of sp³-hybridized carbons (Fsp3) is 0.385. The third-order valence-electron chi connectivity index (χ3n) is 2.74. The van der Waals surface area contributed by atoms with Crippen molar-refractivity contribution in [2.75, 3.05) is 19.7 Å². The van der Waals surface area contributed by atoms with Gasteiger partial charge in [-0.05, 0) is 38.1 Å². The molecule has 1 rings (SSSR count). The average Bonchev–Trinajstić information content (AvgIpc) is 2.46. The van der Waals surface area contributed by atoms with Gasteiger partial charge in [-0.3, -0.25) is 4.79 Å². The summed E-state index contributed by atoms with van der Waals surface area (Å²) >= 11 is 0. The maximum absolute atomic E-state index is 11.7. The molecule has 0 aliphatic carbocycles. The van der Waals surface area contributed by atoms with Crippen LogP contribution in [-0.4, -0.2) is 41.5 Å². The fourth-order valence-corrected chi connectivity index (χ4v) is 1.59. The fourth-order valence-electron chi connectivity index (χ4n) is 1.59. The molecule has 6 nitrogen and oxygen atoms in total. The van der Waals surface area contributed by atoms with Crippen LogP contribution in [0, 0.1) is 0 Å². The molecule has 6 heteroatoms. The average molecular weight is 265 g/mol. The number of carbonyl (C=O) groups is 1. The first-order valence-corrected chi connectivity index (χ1v) is 6.10. The van der Waals surface area contributed by atoms with Crippen molar-refractivity contribution >= 4 is 11.7 Å². The molecule has 1 aromatic rings. The quantitative estimate of drug-likeness (QED) is 0.348. The maximum atomic E-state index is 11.7. The molecule has 0 unspecified atom stereocenters. The second-order valence-corrected chi connectivity index (χ2v) is 3.86. The molecular weight excluding hydrogens is 246 g/mol. The molecule has 0 aromatic heterocycles. The van der Waals surface area contributed by atoms with Gasteiger partial charge in [-0.15, -0.1) is 0 Å². The van der Waals surface area contributed by atoms with E-state index in [1.54, 1.807) is 29.2 Å². The summed E-state index contributed by atoms with van der Waals surface area (Å²) < 4.78 is 5.39. The first-order valence-electron chi connectivity index (χ1n) is 6.10. The van der Waals surface area contributed by atoms with Gasteiger partial charge in [0.25, 0.3) is 5.91 Å². The van der Waals surface area contributed by atoms with Crippen molar-refractivity contribution in [1.29, 1.82) is 0 Å². The number of hydrogen-bond donors (Lipinski definition) is 2. The third kappa shape index (κ3) is 4.17. The van der Waals surface area contributed by atoms with Crippen LogP contribution < -0.4 is 10.5 Å². The van der Waals surface area contributed by atoms with Gasteiger partial charge in [0.05, 0.1) is 0 Å². The lowest BCUT2D eigenvalue weighted by Gasteiger charge is -2.18. The summed E-state index contributed by atoms with van der Waals surface area (Å²) in [6, 6.07) is 6.66. The van der Waals surface area contributed by atoms with Crippen LogP contribution in [0.1, 0.15) is 19.4 Å². The van der Waals surface area contributed by atoms with E-state index in [9.17, 15) is 4.79 Å². The van der Waals surface area contributed by atoms with Crippen LogP contribution in [0.2, 0.25) is 0 Å². The van der Waals surface area contributed by atoms with Gasteiger partial charge in [-0.1, -0.05) is 5.16 Å². The summed E-state index contributed by atoms with van der Waals surface area (Å²) in [5, 5.41) is 11.4. The van der Waals surface area contributed by atoms with Crippen molar-refractivity contribution in [2.45, 2.75) is 13.8 Å². The zero-order valence-corrected chi connectivity index (χ0v) is 11.2. The van der Waals surface area contributed by atoms with E-state index in [0.29, 0.717) is 24.4 Å². The van der Waals surface area contributed by atoms with Gasteiger partial charge in [0.1, 0.15) is 5.75 Å². The van der Waals surface area contributed by atoms with Crippen LogP contribution in [0.4, 0.5) is 0 Å². The minimum absolute atomic E-state index is 0.00456. The Morgan fingerprint density at radius 2 is 1.89 bits per heavy atom. The number of ether oxygens (including phenoxy) is 1. The lowest BCUT2D eigenvalue weighted by molar-refractivity contribution is -0.132. The zero-order chi connectivity index (χ0) is 14.3. The van der Waals surface area contributed by atoms with E-state index in [4.69, 9.17) is 15.7 Å². The highest BCUT2D eigenvalue weighted by atomic mass is 16.5. The van der Waals surface area contributed by atoms with Crippen molar-refractivity contribution in [3.63, 3.8) is 0 Å². The summed E-state index contributed by atoms with van der Waals surface area (Å²) in [5.41, 5.74) is 6.03. The largest absolute Gasteiger partial charge is 0.484 e. The van der Waals surface area contributed by atoms with Gasteiger partial charge < -0.3 is 20.6 Å². The Balaban J connectivity index is 2.57. The number of oxime groups is 1. The van der Waals surface area contributed by atoms with Gasteiger partial charge in [-0.2, -0.15) is 0 Å². The SMILES string of the molecule is CCN(CC)C(=O)COc1ccc(/C(N)=N/O)cc1. The minimum atomic E-state index is -0.0505. The zero-order valence-electron chi connectivity index (χ0n) is 11.2. The van der Waals surface area contributed by atoms with Gasteiger partial charge in [0.2, 0.25) is 0 Å². The van der Waals surface area contributed by atoms with E-state index in [2.05, 4.69) is 5.16 Å². The Labute approximate surface area is 112 Å². The Hall–Kier alpha value is -2.24. The molecule has 0 saturated heterocycles. The summed E-state index contributed by atoms with van der Waals surface area (Å²) in [6.07, 6.45) is 0. The van der Waals surface area contributed by atoms with E-state index >= 15 is 0 Å². The second-order valence-electron chi connectivity index (χ2n) is 3.86. The molecule has 0 spiro atoms. The number of amides is 1. The van der Waals surface area contributed by atoms with Crippen molar-refractivity contribution in [2.24, 2.45) is 10.9 Å². The van der Waals surface area contributed by atoms with E-state index in [0.717, 1.165) is 0 Å². The first kappa shape index (κ1) is 14.8. The number of likely N-dealkylation sites (N-methyl/N-ethyl adjacent to an activating group) is 1. The monoisotopic (exact) mass is 265 g/mol.